The number of hydrogen-bond donors (Lipinski definition) is 2. The van der Waals surface area contributed by atoms with Crippen molar-refractivity contribution in [2.24, 2.45) is 0 Å². The number of rotatable bonds is 8. The molecule has 0 aliphatic rings. The van der Waals surface area contributed by atoms with Crippen molar-refractivity contribution in [1.29, 1.82) is 5.26 Å². The quantitative estimate of drug-likeness (QED) is 0.303. The Labute approximate surface area is 225 Å². The van der Waals surface area contributed by atoms with Gasteiger partial charge in [-0.15, -0.1) is 0 Å². The van der Waals surface area contributed by atoms with E-state index in [2.05, 4.69) is 16.7 Å². The molecule has 0 aliphatic carbocycles. The van der Waals surface area contributed by atoms with Gasteiger partial charge in [-0.25, -0.2) is 4.39 Å². The Hall–Kier alpha value is -4.84. The van der Waals surface area contributed by atoms with E-state index >= 15 is 0 Å². The lowest BCUT2D eigenvalue weighted by Crippen LogP contribution is -2.42. The van der Waals surface area contributed by atoms with Crippen molar-refractivity contribution in [2.75, 3.05) is 20.8 Å². The monoisotopic (exact) mass is 529 g/mol. The zero-order chi connectivity index (χ0) is 28.3. The van der Waals surface area contributed by atoms with Crippen LogP contribution in [0.1, 0.15) is 41.5 Å². The summed E-state index contributed by atoms with van der Waals surface area (Å²) in [6.45, 7) is 5.39. The largest absolute Gasteiger partial charge is 0.496 e. The maximum absolute atomic E-state index is 13.6. The standard InChI is InChI=1S/C30H28FN3O5/c1-6-38-24-15-25-21(26(29(36)33-4)27(39-25)17-7-10-19(31)11-8-17)14-20(24)18-9-12-23(37-5)22(13-18)28(35)34-30(2,3)16-32/h7-15H,6H2,1-5H3,(H,33,36)(H,34,35). The average molecular weight is 530 g/mol. The Kier molecular flexibility index (Phi) is 7.58. The van der Waals surface area contributed by atoms with Crippen LogP contribution in [0, 0.1) is 17.1 Å². The van der Waals surface area contributed by atoms with E-state index in [0.29, 0.717) is 45.8 Å². The maximum Gasteiger partial charge on any atom is 0.256 e. The fraction of sp³-hybridized carbons (Fsp3) is 0.233. The molecule has 0 radical (unpaired) electrons. The minimum atomic E-state index is -1.09. The first kappa shape index (κ1) is 27.2. The second kappa shape index (κ2) is 10.9. The third kappa shape index (κ3) is 5.41. The molecule has 0 bridgehead atoms. The van der Waals surface area contributed by atoms with Gasteiger partial charge in [0, 0.05) is 29.6 Å². The first-order valence-electron chi connectivity index (χ1n) is 12.3. The zero-order valence-electron chi connectivity index (χ0n) is 22.3. The summed E-state index contributed by atoms with van der Waals surface area (Å²) in [4.78, 5) is 26.1. The number of nitrogens with one attached hydrogen (secondary N) is 2. The number of ether oxygens (including phenoxy) is 2. The summed E-state index contributed by atoms with van der Waals surface area (Å²) in [6, 6.07) is 16.3. The highest BCUT2D eigenvalue weighted by Gasteiger charge is 2.26. The first-order chi connectivity index (χ1) is 18.6. The van der Waals surface area contributed by atoms with Gasteiger partial charge in [0.2, 0.25) is 0 Å². The third-order valence-electron chi connectivity index (χ3n) is 6.11. The van der Waals surface area contributed by atoms with E-state index in [1.54, 1.807) is 56.3 Å². The van der Waals surface area contributed by atoms with Gasteiger partial charge in [-0.05, 0) is 68.8 Å². The minimum absolute atomic E-state index is 0.228. The van der Waals surface area contributed by atoms with Crippen LogP contribution < -0.4 is 20.1 Å². The molecule has 9 heteroatoms. The number of nitriles is 1. The lowest BCUT2D eigenvalue weighted by Gasteiger charge is -2.19. The van der Waals surface area contributed by atoms with Gasteiger partial charge in [0.05, 0.1) is 30.9 Å². The highest BCUT2D eigenvalue weighted by molar-refractivity contribution is 6.12. The van der Waals surface area contributed by atoms with Crippen molar-refractivity contribution in [3.05, 3.63) is 71.5 Å². The van der Waals surface area contributed by atoms with E-state index in [0.717, 1.165) is 0 Å². The van der Waals surface area contributed by atoms with Crippen LogP contribution in [0.25, 0.3) is 33.4 Å². The van der Waals surface area contributed by atoms with Crippen LogP contribution in [0.15, 0.2) is 59.0 Å². The van der Waals surface area contributed by atoms with Gasteiger partial charge in [-0.1, -0.05) is 6.07 Å². The lowest BCUT2D eigenvalue weighted by atomic mass is 9.97. The molecule has 2 N–H and O–H groups in total. The summed E-state index contributed by atoms with van der Waals surface area (Å²) >= 11 is 0. The van der Waals surface area contributed by atoms with Crippen molar-refractivity contribution in [3.8, 4) is 40.0 Å². The number of carbonyl (C=O) groups excluding carboxylic acids is 2. The van der Waals surface area contributed by atoms with E-state index in [9.17, 15) is 19.2 Å². The molecule has 0 unspecified atom stereocenters. The van der Waals surface area contributed by atoms with Crippen molar-refractivity contribution < 1.29 is 27.9 Å². The molecular weight excluding hydrogens is 501 g/mol. The molecule has 0 saturated carbocycles. The Morgan fingerprint density at radius 3 is 2.33 bits per heavy atom. The van der Waals surface area contributed by atoms with E-state index in [1.165, 1.54) is 26.3 Å². The number of benzene rings is 3. The number of fused-ring (bicyclic) bond motifs is 1. The first-order valence-corrected chi connectivity index (χ1v) is 12.3. The average Bonchev–Trinajstić information content (AvgIpc) is 3.30. The molecule has 200 valence electrons. The van der Waals surface area contributed by atoms with Gasteiger partial charge in [0.25, 0.3) is 11.8 Å². The molecule has 0 aliphatic heterocycles. The highest BCUT2D eigenvalue weighted by Crippen LogP contribution is 2.41. The Morgan fingerprint density at radius 1 is 1.03 bits per heavy atom. The molecule has 8 nitrogen and oxygen atoms in total. The molecule has 3 aromatic carbocycles. The summed E-state index contributed by atoms with van der Waals surface area (Å²) in [6.07, 6.45) is 0. The molecule has 4 rings (SSSR count). The number of nitrogens with zero attached hydrogens (tertiary/aromatic N) is 1. The van der Waals surface area contributed by atoms with Crippen LogP contribution in [-0.4, -0.2) is 38.1 Å². The number of halogens is 1. The van der Waals surface area contributed by atoms with E-state index in [-0.39, 0.29) is 22.8 Å². The predicted octanol–water partition coefficient (Wildman–Crippen LogP) is 5.70. The SMILES string of the molecule is CCOc1cc2oc(-c3ccc(F)cc3)c(C(=O)NC)c2cc1-c1ccc(OC)c(C(=O)NC(C)(C)C#N)c1. The third-order valence-corrected chi connectivity index (χ3v) is 6.11. The van der Waals surface area contributed by atoms with Crippen LogP contribution in [0.3, 0.4) is 0 Å². The van der Waals surface area contributed by atoms with Gasteiger partial charge >= 0.3 is 0 Å². The van der Waals surface area contributed by atoms with Crippen molar-refractivity contribution in [3.63, 3.8) is 0 Å². The summed E-state index contributed by atoms with van der Waals surface area (Å²) in [5.41, 5.74) is 1.59. The predicted molar refractivity (Wildman–Crippen MR) is 145 cm³/mol. The van der Waals surface area contributed by atoms with Crippen LogP contribution in [0.4, 0.5) is 4.39 Å². The van der Waals surface area contributed by atoms with Crippen LogP contribution in [0.2, 0.25) is 0 Å². The highest BCUT2D eigenvalue weighted by atomic mass is 19.1. The summed E-state index contributed by atoms with van der Waals surface area (Å²) in [5, 5.41) is 15.2. The zero-order valence-corrected chi connectivity index (χ0v) is 22.3. The second-order valence-corrected chi connectivity index (χ2v) is 9.28. The second-order valence-electron chi connectivity index (χ2n) is 9.28. The van der Waals surface area contributed by atoms with Crippen molar-refractivity contribution >= 4 is 22.8 Å². The topological polar surface area (TPSA) is 114 Å². The number of methoxy groups -OCH3 is 1. The molecule has 0 fully saturated rings. The molecule has 1 heterocycles. The number of hydrogen-bond acceptors (Lipinski definition) is 6. The molecule has 0 saturated heterocycles. The van der Waals surface area contributed by atoms with Crippen LogP contribution >= 0.6 is 0 Å². The number of furan rings is 1. The van der Waals surface area contributed by atoms with Gasteiger partial charge in [-0.2, -0.15) is 5.26 Å². The molecule has 39 heavy (non-hydrogen) atoms. The number of carbonyl (C=O) groups is 2. The molecule has 2 amide bonds. The Bertz CT molecular complexity index is 1600. The minimum Gasteiger partial charge on any atom is -0.496 e. The Morgan fingerprint density at radius 2 is 1.72 bits per heavy atom. The summed E-state index contributed by atoms with van der Waals surface area (Å²) < 4.78 is 31.0. The maximum atomic E-state index is 13.6. The molecular formula is C30H28FN3O5. The van der Waals surface area contributed by atoms with Gasteiger partial charge in [0.15, 0.2) is 0 Å². The van der Waals surface area contributed by atoms with Crippen molar-refractivity contribution in [2.45, 2.75) is 26.3 Å². The van der Waals surface area contributed by atoms with E-state index in [4.69, 9.17) is 13.9 Å². The molecule has 0 atom stereocenters. The fourth-order valence-electron chi connectivity index (χ4n) is 4.21. The smallest absolute Gasteiger partial charge is 0.256 e. The normalized spacial score (nSPS) is 11.1. The van der Waals surface area contributed by atoms with Gasteiger partial charge in [-0.3, -0.25) is 9.59 Å². The van der Waals surface area contributed by atoms with Gasteiger partial charge < -0.3 is 24.5 Å². The number of amides is 2. The molecule has 4 aromatic rings. The van der Waals surface area contributed by atoms with Crippen LogP contribution in [0.5, 0.6) is 11.5 Å². The van der Waals surface area contributed by atoms with Gasteiger partial charge in [0.1, 0.15) is 34.2 Å². The summed E-state index contributed by atoms with van der Waals surface area (Å²) in [5.74, 6) is -0.171. The van der Waals surface area contributed by atoms with Crippen molar-refractivity contribution in [1.82, 2.24) is 10.6 Å². The van der Waals surface area contributed by atoms with E-state index < -0.39 is 17.3 Å². The Balaban J connectivity index is 1.95. The van der Waals surface area contributed by atoms with Crippen LogP contribution in [-0.2, 0) is 0 Å². The molecule has 1 aromatic heterocycles. The fourth-order valence-corrected chi connectivity index (χ4v) is 4.21. The summed E-state index contributed by atoms with van der Waals surface area (Å²) in [7, 11) is 2.97. The lowest BCUT2D eigenvalue weighted by molar-refractivity contribution is 0.0924. The molecule has 0 spiro atoms. The van der Waals surface area contributed by atoms with E-state index in [1.807, 2.05) is 6.92 Å².